The van der Waals surface area contributed by atoms with Gasteiger partial charge in [0.1, 0.15) is 0 Å². The zero-order chi connectivity index (χ0) is 11.4. The average molecular weight is 246 g/mol. The van der Waals surface area contributed by atoms with Gasteiger partial charge in [-0.2, -0.15) is 0 Å². The Bertz CT molecular complexity index is 310. The second-order valence-electron chi connectivity index (χ2n) is 4.86. The molecule has 1 aliphatic heterocycles. The van der Waals surface area contributed by atoms with Gasteiger partial charge in [-0.05, 0) is 32.2 Å². The third-order valence-corrected chi connectivity index (χ3v) is 5.53. The molecule has 1 saturated carbocycles. The SMILES string of the molecule is O=S1(=O)CCCN1CCCNC1CCCC1. The summed E-state index contributed by atoms with van der Waals surface area (Å²) in [5.74, 6) is 0.350. The molecule has 5 heteroatoms. The summed E-state index contributed by atoms with van der Waals surface area (Å²) in [7, 11) is -2.88. The Labute approximate surface area is 98.4 Å². The number of nitrogens with zero attached hydrogens (tertiary/aromatic N) is 1. The van der Waals surface area contributed by atoms with Gasteiger partial charge in [0.05, 0.1) is 5.75 Å². The lowest BCUT2D eigenvalue weighted by molar-refractivity contribution is 0.418. The van der Waals surface area contributed by atoms with E-state index in [0.717, 1.165) is 25.9 Å². The molecule has 0 amide bonds. The third-order valence-electron chi connectivity index (χ3n) is 3.58. The van der Waals surface area contributed by atoms with Crippen molar-refractivity contribution in [3.8, 4) is 0 Å². The number of rotatable bonds is 5. The molecule has 2 rings (SSSR count). The summed E-state index contributed by atoms with van der Waals surface area (Å²) in [5, 5.41) is 3.51. The molecule has 0 radical (unpaired) electrons. The van der Waals surface area contributed by atoms with Crippen molar-refractivity contribution < 1.29 is 8.42 Å². The van der Waals surface area contributed by atoms with E-state index in [0.29, 0.717) is 18.3 Å². The predicted octanol–water partition coefficient (Wildman–Crippen LogP) is 0.944. The van der Waals surface area contributed by atoms with Gasteiger partial charge in [-0.3, -0.25) is 0 Å². The van der Waals surface area contributed by atoms with Gasteiger partial charge in [0.15, 0.2) is 0 Å². The molecular formula is C11H22N2O2S. The lowest BCUT2D eigenvalue weighted by atomic mass is 10.2. The molecule has 0 bridgehead atoms. The summed E-state index contributed by atoms with van der Waals surface area (Å²) in [6, 6.07) is 0.690. The van der Waals surface area contributed by atoms with E-state index < -0.39 is 10.0 Å². The zero-order valence-electron chi connectivity index (χ0n) is 9.82. The molecule has 2 aliphatic rings. The summed E-state index contributed by atoms with van der Waals surface area (Å²) in [6.45, 7) is 2.38. The Morgan fingerprint density at radius 1 is 1.19 bits per heavy atom. The molecule has 1 aliphatic carbocycles. The molecule has 0 aromatic rings. The Morgan fingerprint density at radius 2 is 1.94 bits per heavy atom. The van der Waals surface area contributed by atoms with E-state index >= 15 is 0 Å². The molecule has 4 nitrogen and oxygen atoms in total. The molecule has 0 aromatic heterocycles. The minimum absolute atomic E-state index is 0.350. The van der Waals surface area contributed by atoms with Crippen LogP contribution in [-0.2, 0) is 10.0 Å². The van der Waals surface area contributed by atoms with Crippen LogP contribution in [0.1, 0.15) is 38.5 Å². The first kappa shape index (κ1) is 12.3. The van der Waals surface area contributed by atoms with Crippen LogP contribution in [-0.4, -0.2) is 44.2 Å². The quantitative estimate of drug-likeness (QED) is 0.735. The Morgan fingerprint density at radius 3 is 2.56 bits per heavy atom. The summed E-state index contributed by atoms with van der Waals surface area (Å²) in [4.78, 5) is 0. The largest absolute Gasteiger partial charge is 0.314 e. The minimum atomic E-state index is -2.88. The van der Waals surface area contributed by atoms with Gasteiger partial charge in [-0.15, -0.1) is 0 Å². The zero-order valence-corrected chi connectivity index (χ0v) is 10.6. The van der Waals surface area contributed by atoms with Gasteiger partial charge in [-0.1, -0.05) is 12.8 Å². The Kier molecular flexibility index (Phi) is 4.21. The third kappa shape index (κ3) is 3.18. The van der Waals surface area contributed by atoms with Gasteiger partial charge < -0.3 is 5.32 Å². The van der Waals surface area contributed by atoms with Gasteiger partial charge in [0.25, 0.3) is 0 Å². The van der Waals surface area contributed by atoms with Crippen molar-refractivity contribution in [3.63, 3.8) is 0 Å². The van der Waals surface area contributed by atoms with Crippen LogP contribution < -0.4 is 5.32 Å². The maximum atomic E-state index is 11.5. The molecule has 94 valence electrons. The fraction of sp³-hybridized carbons (Fsp3) is 1.00. The molecule has 0 spiro atoms. The van der Waals surface area contributed by atoms with Crippen LogP contribution in [0.25, 0.3) is 0 Å². The first-order valence-corrected chi connectivity index (χ1v) is 8.00. The summed E-state index contributed by atoms with van der Waals surface area (Å²) in [6.07, 6.45) is 7.02. The van der Waals surface area contributed by atoms with Gasteiger partial charge in [0, 0.05) is 19.1 Å². The van der Waals surface area contributed by atoms with Crippen LogP contribution in [0.2, 0.25) is 0 Å². The van der Waals surface area contributed by atoms with E-state index in [9.17, 15) is 8.42 Å². The maximum absolute atomic E-state index is 11.5. The summed E-state index contributed by atoms with van der Waals surface area (Å²) >= 11 is 0. The standard InChI is InChI=1S/C11H22N2O2S/c14-16(15)10-4-9-13(16)8-3-7-12-11-5-1-2-6-11/h11-12H,1-10H2. The van der Waals surface area contributed by atoms with Crippen LogP contribution >= 0.6 is 0 Å². The van der Waals surface area contributed by atoms with E-state index in [-0.39, 0.29) is 0 Å². The molecule has 1 saturated heterocycles. The molecule has 0 atom stereocenters. The average Bonchev–Trinajstić information content (AvgIpc) is 2.83. The van der Waals surface area contributed by atoms with Crippen LogP contribution in [0, 0.1) is 0 Å². The van der Waals surface area contributed by atoms with Crippen molar-refractivity contribution in [1.29, 1.82) is 0 Å². The van der Waals surface area contributed by atoms with Crippen molar-refractivity contribution in [2.75, 3.05) is 25.4 Å². The van der Waals surface area contributed by atoms with E-state index in [1.165, 1.54) is 25.7 Å². The molecule has 0 unspecified atom stereocenters. The lowest BCUT2D eigenvalue weighted by Gasteiger charge is -2.16. The highest BCUT2D eigenvalue weighted by atomic mass is 32.2. The van der Waals surface area contributed by atoms with Crippen molar-refractivity contribution in [1.82, 2.24) is 9.62 Å². The monoisotopic (exact) mass is 246 g/mol. The Balaban J connectivity index is 1.61. The van der Waals surface area contributed by atoms with Crippen LogP contribution in [0.4, 0.5) is 0 Å². The van der Waals surface area contributed by atoms with E-state index in [1.807, 2.05) is 0 Å². The number of nitrogens with one attached hydrogen (secondary N) is 1. The number of sulfonamides is 1. The molecular weight excluding hydrogens is 224 g/mol. The van der Waals surface area contributed by atoms with Crippen molar-refractivity contribution in [2.24, 2.45) is 0 Å². The van der Waals surface area contributed by atoms with E-state index in [1.54, 1.807) is 4.31 Å². The van der Waals surface area contributed by atoms with Crippen molar-refractivity contribution >= 4 is 10.0 Å². The fourth-order valence-electron chi connectivity index (χ4n) is 2.63. The molecule has 1 heterocycles. The smallest absolute Gasteiger partial charge is 0.214 e. The lowest BCUT2D eigenvalue weighted by Crippen LogP contribution is -2.32. The predicted molar refractivity (Wildman–Crippen MR) is 64.9 cm³/mol. The first-order valence-electron chi connectivity index (χ1n) is 6.40. The second-order valence-corrected chi connectivity index (χ2v) is 6.95. The van der Waals surface area contributed by atoms with E-state index in [4.69, 9.17) is 0 Å². The molecule has 0 aromatic carbocycles. The summed E-state index contributed by atoms with van der Waals surface area (Å²) < 4.78 is 24.7. The van der Waals surface area contributed by atoms with Crippen molar-refractivity contribution in [2.45, 2.75) is 44.6 Å². The van der Waals surface area contributed by atoms with Crippen LogP contribution in [0.5, 0.6) is 0 Å². The van der Waals surface area contributed by atoms with Crippen LogP contribution in [0.15, 0.2) is 0 Å². The highest BCUT2D eigenvalue weighted by molar-refractivity contribution is 7.89. The normalized spacial score (nSPS) is 26.5. The highest BCUT2D eigenvalue weighted by Crippen LogP contribution is 2.17. The molecule has 1 N–H and O–H groups in total. The fourth-order valence-corrected chi connectivity index (χ4v) is 4.20. The Hall–Kier alpha value is -0.130. The van der Waals surface area contributed by atoms with Crippen molar-refractivity contribution in [3.05, 3.63) is 0 Å². The number of hydrogen-bond acceptors (Lipinski definition) is 3. The van der Waals surface area contributed by atoms with Gasteiger partial charge in [-0.25, -0.2) is 12.7 Å². The van der Waals surface area contributed by atoms with E-state index in [2.05, 4.69) is 5.32 Å². The maximum Gasteiger partial charge on any atom is 0.214 e. The first-order chi connectivity index (χ1) is 7.68. The van der Waals surface area contributed by atoms with Crippen LogP contribution in [0.3, 0.4) is 0 Å². The summed E-state index contributed by atoms with van der Waals surface area (Å²) in [5.41, 5.74) is 0. The van der Waals surface area contributed by atoms with Gasteiger partial charge >= 0.3 is 0 Å². The highest BCUT2D eigenvalue weighted by Gasteiger charge is 2.27. The minimum Gasteiger partial charge on any atom is -0.314 e. The van der Waals surface area contributed by atoms with Gasteiger partial charge in [0.2, 0.25) is 10.0 Å². The topological polar surface area (TPSA) is 49.4 Å². The number of hydrogen-bond donors (Lipinski definition) is 1. The molecule has 2 fully saturated rings. The molecule has 16 heavy (non-hydrogen) atoms. The second kappa shape index (κ2) is 5.47.